The number of anilines is 2. The molecule has 4 amide bonds. The Morgan fingerprint density at radius 2 is 1.75 bits per heavy atom. The van der Waals surface area contributed by atoms with Gasteiger partial charge in [0.1, 0.15) is 11.5 Å². The molecule has 1 aromatic carbocycles. The second-order valence-corrected chi connectivity index (χ2v) is 10.6. The van der Waals surface area contributed by atoms with E-state index < -0.39 is 0 Å². The highest BCUT2D eigenvalue weighted by Gasteiger charge is 2.31. The monoisotopic (exact) mass is 548 g/mol. The van der Waals surface area contributed by atoms with Crippen molar-refractivity contribution in [3.05, 3.63) is 65.0 Å². The van der Waals surface area contributed by atoms with Crippen LogP contribution < -0.4 is 21.3 Å². The number of hydrogen-bond acceptors (Lipinski definition) is 7. The summed E-state index contributed by atoms with van der Waals surface area (Å²) in [6.45, 7) is 7.32. The maximum Gasteiger partial charge on any atom is 0.321 e. The van der Waals surface area contributed by atoms with E-state index in [-0.39, 0.29) is 42.0 Å². The molecule has 214 valence electrons. The molecule has 1 aromatic heterocycles. The van der Waals surface area contributed by atoms with Crippen LogP contribution in [0.5, 0.6) is 0 Å². The van der Waals surface area contributed by atoms with Crippen LogP contribution in [0.3, 0.4) is 0 Å². The number of pyridine rings is 1. The smallest absolute Gasteiger partial charge is 0.321 e. The van der Waals surface area contributed by atoms with Crippen molar-refractivity contribution in [2.24, 2.45) is 16.6 Å². The molecule has 0 unspecified atom stereocenters. The molecule has 0 radical (unpaired) electrons. The quantitative estimate of drug-likeness (QED) is 0.455. The Labute approximate surface area is 236 Å². The number of hydrogen-bond donors (Lipinski definition) is 3. The number of nitrogens with zero attached hydrogens (tertiary/aromatic N) is 5. The molecule has 0 saturated carbocycles. The molecule has 1 aliphatic heterocycles. The van der Waals surface area contributed by atoms with Crippen LogP contribution in [-0.4, -0.2) is 85.7 Å². The predicted octanol–water partition coefficient (Wildman–Crippen LogP) is 2.71. The fourth-order valence-electron chi connectivity index (χ4n) is 4.25. The first-order valence-electron chi connectivity index (χ1n) is 13.2. The molecule has 0 aliphatic carbocycles. The molecule has 1 aliphatic rings. The summed E-state index contributed by atoms with van der Waals surface area (Å²) in [5.74, 6) is 0.197. The zero-order valence-corrected chi connectivity index (χ0v) is 24.4. The van der Waals surface area contributed by atoms with E-state index in [2.05, 4.69) is 22.5 Å². The van der Waals surface area contributed by atoms with Crippen molar-refractivity contribution in [2.75, 3.05) is 51.5 Å². The van der Waals surface area contributed by atoms with Gasteiger partial charge in [0, 0.05) is 83.0 Å². The Morgan fingerprint density at radius 3 is 2.30 bits per heavy atom. The van der Waals surface area contributed by atoms with Crippen LogP contribution in [0, 0.1) is 5.92 Å². The predicted molar refractivity (Wildman–Crippen MR) is 158 cm³/mol. The fourth-order valence-corrected chi connectivity index (χ4v) is 4.25. The summed E-state index contributed by atoms with van der Waals surface area (Å²) in [5, 5.41) is 5.68. The van der Waals surface area contributed by atoms with E-state index >= 15 is 0 Å². The number of amides is 4. The zero-order chi connectivity index (χ0) is 29.6. The largest absolute Gasteiger partial charge is 0.394 e. The lowest BCUT2D eigenvalue weighted by Gasteiger charge is -2.36. The molecular formula is C29H40N8O3. The van der Waals surface area contributed by atoms with Crippen molar-refractivity contribution in [3.63, 3.8) is 0 Å². The van der Waals surface area contributed by atoms with E-state index in [1.807, 2.05) is 36.9 Å². The Bertz CT molecular complexity index is 1280. The highest BCUT2D eigenvalue weighted by molar-refractivity contribution is 6.10. The van der Waals surface area contributed by atoms with Gasteiger partial charge in [-0.05, 0) is 43.7 Å². The van der Waals surface area contributed by atoms with Crippen molar-refractivity contribution in [1.82, 2.24) is 20.1 Å². The van der Waals surface area contributed by atoms with E-state index in [1.54, 1.807) is 52.6 Å². The Hall–Kier alpha value is -4.41. The molecule has 3 rings (SSSR count). The van der Waals surface area contributed by atoms with Gasteiger partial charge < -0.3 is 31.1 Å². The van der Waals surface area contributed by atoms with Crippen LogP contribution in [0.1, 0.15) is 36.7 Å². The topological polar surface area (TPSA) is 136 Å². The number of urea groups is 1. The number of piperidine rings is 1. The van der Waals surface area contributed by atoms with Gasteiger partial charge in [-0.3, -0.25) is 14.6 Å². The molecule has 1 saturated heterocycles. The summed E-state index contributed by atoms with van der Waals surface area (Å²) < 4.78 is 0. The number of aromatic nitrogens is 1. The normalized spacial score (nSPS) is 17.4. The Balaban J connectivity index is 1.79. The van der Waals surface area contributed by atoms with E-state index in [1.165, 1.54) is 9.80 Å². The van der Waals surface area contributed by atoms with Gasteiger partial charge in [0.15, 0.2) is 0 Å². The maximum absolute atomic E-state index is 13.2. The van der Waals surface area contributed by atoms with Gasteiger partial charge in [-0.2, -0.15) is 0 Å². The summed E-state index contributed by atoms with van der Waals surface area (Å²) in [4.78, 5) is 51.6. The summed E-state index contributed by atoms with van der Waals surface area (Å²) in [6, 6.07) is 10.6. The third-order valence-corrected chi connectivity index (χ3v) is 6.38. The molecule has 0 spiro atoms. The summed E-state index contributed by atoms with van der Waals surface area (Å²) >= 11 is 0. The minimum Gasteiger partial charge on any atom is -0.394 e. The average molecular weight is 549 g/mol. The molecule has 40 heavy (non-hydrogen) atoms. The number of nitrogens with one attached hydrogen (secondary N) is 2. The SMILES string of the molecule is CC(C)N=C1/C(=C(\N)C(=O)NCc2ccc(NC(=O)N(C)C)cc2)CN(c2ccc(C(=O)N(C)C)cn2)C[C@@H]1C. The van der Waals surface area contributed by atoms with E-state index in [4.69, 9.17) is 10.7 Å². The fraction of sp³-hybridized carbons (Fsp3) is 0.414. The average Bonchev–Trinajstić information content (AvgIpc) is 2.92. The lowest BCUT2D eigenvalue weighted by molar-refractivity contribution is -0.117. The summed E-state index contributed by atoms with van der Waals surface area (Å²) in [7, 11) is 6.73. The van der Waals surface area contributed by atoms with Crippen LogP contribution in [-0.2, 0) is 11.3 Å². The third kappa shape index (κ3) is 7.58. The number of rotatable bonds is 7. The third-order valence-electron chi connectivity index (χ3n) is 6.38. The number of nitrogens with two attached hydrogens (primary N) is 1. The highest BCUT2D eigenvalue weighted by atomic mass is 16.2. The maximum atomic E-state index is 13.2. The summed E-state index contributed by atoms with van der Waals surface area (Å²) in [6.07, 6.45) is 1.57. The van der Waals surface area contributed by atoms with E-state index in [0.717, 1.165) is 11.3 Å². The number of carbonyl (C=O) groups is 3. The minimum atomic E-state index is -0.384. The molecule has 11 heteroatoms. The van der Waals surface area contributed by atoms with E-state index in [0.29, 0.717) is 35.7 Å². The summed E-state index contributed by atoms with van der Waals surface area (Å²) in [5.41, 5.74) is 10.1. The molecule has 11 nitrogen and oxygen atoms in total. The van der Waals surface area contributed by atoms with Crippen molar-refractivity contribution in [1.29, 1.82) is 0 Å². The van der Waals surface area contributed by atoms with Gasteiger partial charge in [-0.25, -0.2) is 9.78 Å². The van der Waals surface area contributed by atoms with Gasteiger partial charge in [-0.1, -0.05) is 19.1 Å². The van der Waals surface area contributed by atoms with Crippen molar-refractivity contribution < 1.29 is 14.4 Å². The Kier molecular flexibility index (Phi) is 9.87. The number of aliphatic imine (C=N–C) groups is 1. The van der Waals surface area contributed by atoms with Crippen molar-refractivity contribution >= 4 is 35.1 Å². The van der Waals surface area contributed by atoms with Crippen LogP contribution in [0.2, 0.25) is 0 Å². The number of carbonyl (C=O) groups excluding carboxylic acids is 3. The minimum absolute atomic E-state index is 0.00676. The van der Waals surface area contributed by atoms with Gasteiger partial charge in [0.2, 0.25) is 0 Å². The lowest BCUT2D eigenvalue weighted by atomic mass is 9.90. The molecular weight excluding hydrogens is 508 g/mol. The first-order valence-corrected chi connectivity index (χ1v) is 13.2. The highest BCUT2D eigenvalue weighted by Crippen LogP contribution is 2.26. The van der Waals surface area contributed by atoms with Crippen LogP contribution in [0.15, 0.2) is 58.9 Å². The van der Waals surface area contributed by atoms with E-state index in [9.17, 15) is 14.4 Å². The molecule has 2 heterocycles. The van der Waals surface area contributed by atoms with Gasteiger partial charge >= 0.3 is 6.03 Å². The standard InChI is InChI=1S/C29H40N8O3/c1-18(2)33-26-19(3)16-37(24-13-10-21(15-31-24)28(39)35(4)5)17-23(26)25(30)27(38)32-14-20-8-11-22(12-9-20)34-29(40)36(6)7/h8-13,15,18-19H,14,16-17,30H2,1-7H3,(H,32,38)(H,34,40)/b25-23-,33-26?/t19-/m0/s1. The van der Waals surface area contributed by atoms with Gasteiger partial charge in [-0.15, -0.1) is 0 Å². The first kappa shape index (κ1) is 30.1. The molecule has 0 bridgehead atoms. The molecule has 2 aromatic rings. The Morgan fingerprint density at radius 1 is 1.07 bits per heavy atom. The van der Waals surface area contributed by atoms with Crippen LogP contribution >= 0.6 is 0 Å². The second-order valence-electron chi connectivity index (χ2n) is 10.6. The van der Waals surface area contributed by atoms with Crippen molar-refractivity contribution in [2.45, 2.75) is 33.4 Å². The second kappa shape index (κ2) is 13.1. The first-order chi connectivity index (χ1) is 18.9. The van der Waals surface area contributed by atoms with Crippen LogP contribution in [0.4, 0.5) is 16.3 Å². The molecule has 4 N–H and O–H groups in total. The van der Waals surface area contributed by atoms with Crippen molar-refractivity contribution in [3.8, 4) is 0 Å². The van der Waals surface area contributed by atoms with Gasteiger partial charge in [0.05, 0.1) is 5.56 Å². The molecule has 1 fully saturated rings. The number of benzene rings is 1. The van der Waals surface area contributed by atoms with Crippen LogP contribution in [0.25, 0.3) is 0 Å². The zero-order valence-electron chi connectivity index (χ0n) is 24.4. The lowest BCUT2D eigenvalue weighted by Crippen LogP contribution is -2.45. The molecule has 1 atom stereocenters. The van der Waals surface area contributed by atoms with Gasteiger partial charge in [0.25, 0.3) is 11.8 Å².